The summed E-state index contributed by atoms with van der Waals surface area (Å²) >= 11 is 0. The van der Waals surface area contributed by atoms with E-state index in [0.29, 0.717) is 29.2 Å². The van der Waals surface area contributed by atoms with Crippen molar-refractivity contribution in [1.29, 1.82) is 0 Å². The fourth-order valence-corrected chi connectivity index (χ4v) is 6.59. The van der Waals surface area contributed by atoms with E-state index in [9.17, 15) is 13.2 Å². The van der Waals surface area contributed by atoms with E-state index in [1.807, 2.05) is 42.7 Å². The van der Waals surface area contributed by atoms with Crippen LogP contribution in [0.3, 0.4) is 0 Å². The molecule has 2 heterocycles. The quantitative estimate of drug-likeness (QED) is 0.218. The molecule has 42 heavy (non-hydrogen) atoms. The van der Waals surface area contributed by atoms with E-state index < -0.39 is 6.36 Å². The zero-order chi connectivity index (χ0) is 28.7. The van der Waals surface area contributed by atoms with Crippen LogP contribution in [-0.2, 0) is 11.3 Å². The van der Waals surface area contributed by atoms with Gasteiger partial charge in [0, 0.05) is 41.0 Å². The molecule has 3 aliphatic rings. The topological polar surface area (TPSA) is 82.3 Å². The van der Waals surface area contributed by atoms with Crippen molar-refractivity contribution in [1.82, 2.24) is 15.1 Å². The monoisotopic (exact) mass is 576 g/mol. The van der Waals surface area contributed by atoms with Gasteiger partial charge in [-0.2, -0.15) is 0 Å². The highest BCUT2D eigenvalue weighted by molar-refractivity contribution is 5.70. The smallest absolute Gasteiger partial charge is 0.405 e. The third kappa shape index (κ3) is 5.72. The molecule has 3 aliphatic carbocycles. The normalized spacial score (nSPS) is 23.6. The van der Waals surface area contributed by atoms with E-state index in [2.05, 4.69) is 25.2 Å². The van der Waals surface area contributed by atoms with Crippen molar-refractivity contribution in [2.75, 3.05) is 5.32 Å². The lowest BCUT2D eigenvalue weighted by Gasteiger charge is -2.35. The van der Waals surface area contributed by atoms with Crippen LogP contribution in [0.1, 0.15) is 55.8 Å². The predicted octanol–water partition coefficient (Wildman–Crippen LogP) is 7.76. The number of aromatic nitrogens is 3. The molecule has 0 spiro atoms. The standard InChI is InChI=1S/C32H31F3N4O3/c33-32(34,35)41-27-9-5-4-8-25(27)29-26(30(42-39-29)20-10-11-20)18-40-24-14-21-12-13-22(15-24)28(21)38-31-36-16-23(17-37-31)19-6-2-1-3-7-19/h1-9,16-17,20-22,24,28H,10-15,18H2,(H,36,37,38)/t21-,22+,24-,28+. The first-order valence-electron chi connectivity index (χ1n) is 14.5. The summed E-state index contributed by atoms with van der Waals surface area (Å²) in [5.41, 5.74) is 3.38. The summed E-state index contributed by atoms with van der Waals surface area (Å²) in [4.78, 5) is 9.17. The number of nitrogens with zero attached hydrogens (tertiary/aromatic N) is 3. The summed E-state index contributed by atoms with van der Waals surface area (Å²) < 4.78 is 55.8. The second kappa shape index (κ2) is 11.1. The maximum absolute atomic E-state index is 13.1. The number of alkyl halides is 3. The van der Waals surface area contributed by atoms with Crippen molar-refractivity contribution < 1.29 is 27.2 Å². The Hall–Kier alpha value is -3.92. The third-order valence-electron chi connectivity index (χ3n) is 8.71. The fourth-order valence-electron chi connectivity index (χ4n) is 6.59. The summed E-state index contributed by atoms with van der Waals surface area (Å²) in [6.45, 7) is 0.233. The van der Waals surface area contributed by atoms with Gasteiger partial charge in [0.15, 0.2) is 0 Å². The Labute approximate surface area is 241 Å². The minimum Gasteiger partial charge on any atom is -0.405 e. The molecule has 4 atom stereocenters. The molecule has 4 aromatic rings. The molecule has 0 unspecified atom stereocenters. The molecule has 0 saturated heterocycles. The van der Waals surface area contributed by atoms with Crippen LogP contribution in [0.25, 0.3) is 22.4 Å². The minimum atomic E-state index is -4.81. The number of benzene rings is 2. The number of nitrogens with one attached hydrogen (secondary N) is 1. The summed E-state index contributed by atoms with van der Waals surface area (Å²) in [6, 6.07) is 16.4. The van der Waals surface area contributed by atoms with Crippen LogP contribution in [0.4, 0.5) is 19.1 Å². The lowest BCUT2D eigenvalue weighted by Crippen LogP contribution is -2.40. The van der Waals surface area contributed by atoms with Crippen LogP contribution in [0.2, 0.25) is 0 Å². The van der Waals surface area contributed by atoms with Crippen LogP contribution < -0.4 is 10.1 Å². The van der Waals surface area contributed by atoms with Crippen LogP contribution in [0, 0.1) is 11.8 Å². The van der Waals surface area contributed by atoms with Crippen molar-refractivity contribution in [2.45, 2.75) is 69.6 Å². The number of hydrogen-bond acceptors (Lipinski definition) is 7. The summed E-state index contributed by atoms with van der Waals surface area (Å²) in [5.74, 6) is 2.13. The molecule has 10 heteroatoms. The first kappa shape index (κ1) is 26.9. The van der Waals surface area contributed by atoms with E-state index in [-0.39, 0.29) is 36.0 Å². The summed E-state index contributed by atoms with van der Waals surface area (Å²) in [6.07, 6.45) is 4.88. The molecule has 3 saturated carbocycles. The largest absolute Gasteiger partial charge is 0.573 e. The molecule has 0 amide bonds. The highest BCUT2D eigenvalue weighted by Crippen LogP contribution is 2.47. The van der Waals surface area contributed by atoms with Gasteiger partial charge in [-0.15, -0.1) is 13.2 Å². The van der Waals surface area contributed by atoms with Gasteiger partial charge in [-0.1, -0.05) is 47.6 Å². The molecular formula is C32H31F3N4O3. The molecule has 7 nitrogen and oxygen atoms in total. The van der Waals surface area contributed by atoms with E-state index in [1.54, 1.807) is 12.1 Å². The minimum absolute atomic E-state index is 0.0402. The molecule has 218 valence electrons. The van der Waals surface area contributed by atoms with Crippen LogP contribution >= 0.6 is 0 Å². The van der Waals surface area contributed by atoms with Crippen molar-refractivity contribution >= 4 is 5.95 Å². The zero-order valence-electron chi connectivity index (χ0n) is 22.9. The Balaban J connectivity index is 1.03. The molecule has 2 aromatic carbocycles. The molecule has 0 aliphatic heterocycles. The molecular weight excluding hydrogens is 545 g/mol. The van der Waals surface area contributed by atoms with Gasteiger partial charge in [0.1, 0.15) is 17.2 Å². The van der Waals surface area contributed by atoms with Gasteiger partial charge in [-0.25, -0.2) is 9.97 Å². The number of rotatable bonds is 9. The Morgan fingerprint density at radius 2 is 1.55 bits per heavy atom. The van der Waals surface area contributed by atoms with Gasteiger partial charge in [-0.3, -0.25) is 0 Å². The van der Waals surface area contributed by atoms with Crippen molar-refractivity contribution in [3.05, 3.63) is 78.3 Å². The zero-order valence-corrected chi connectivity index (χ0v) is 22.9. The number of ether oxygens (including phenoxy) is 2. The molecule has 1 N–H and O–H groups in total. The Morgan fingerprint density at radius 3 is 2.24 bits per heavy atom. The van der Waals surface area contributed by atoms with Crippen LogP contribution in [0.15, 0.2) is 71.5 Å². The Morgan fingerprint density at radius 1 is 0.857 bits per heavy atom. The first-order chi connectivity index (χ1) is 20.4. The van der Waals surface area contributed by atoms with E-state index >= 15 is 0 Å². The van der Waals surface area contributed by atoms with Gasteiger partial charge in [0.25, 0.3) is 0 Å². The fraction of sp³-hybridized carbons (Fsp3) is 0.406. The van der Waals surface area contributed by atoms with E-state index in [1.165, 1.54) is 12.1 Å². The molecule has 2 aromatic heterocycles. The second-order valence-corrected chi connectivity index (χ2v) is 11.5. The molecule has 2 bridgehead atoms. The predicted molar refractivity (Wildman–Crippen MR) is 150 cm³/mol. The van der Waals surface area contributed by atoms with Crippen molar-refractivity contribution in [3.8, 4) is 28.1 Å². The SMILES string of the molecule is FC(F)(F)Oc1ccccc1-c1noc(C2CC2)c1CO[C@@H]1C[C@H]2CC[C@@H](C1)[C@H]2Nc1ncc(-c2ccccc2)cn1. The maximum atomic E-state index is 13.1. The average molecular weight is 577 g/mol. The molecule has 7 rings (SSSR count). The van der Waals surface area contributed by atoms with Crippen molar-refractivity contribution in [2.24, 2.45) is 11.8 Å². The van der Waals surface area contributed by atoms with Gasteiger partial charge in [0.2, 0.25) is 5.95 Å². The third-order valence-corrected chi connectivity index (χ3v) is 8.71. The second-order valence-electron chi connectivity index (χ2n) is 11.5. The number of para-hydroxylation sites is 1. The lowest BCUT2D eigenvalue weighted by atomic mass is 9.82. The summed E-state index contributed by atoms with van der Waals surface area (Å²) in [5, 5.41) is 7.79. The number of anilines is 1. The molecule has 3 fully saturated rings. The number of halogens is 3. The Kier molecular flexibility index (Phi) is 7.09. The van der Waals surface area contributed by atoms with Gasteiger partial charge >= 0.3 is 6.36 Å². The van der Waals surface area contributed by atoms with Crippen molar-refractivity contribution in [3.63, 3.8) is 0 Å². The van der Waals surface area contributed by atoms with Gasteiger partial charge < -0.3 is 19.3 Å². The lowest BCUT2D eigenvalue weighted by molar-refractivity contribution is -0.274. The number of hydrogen-bond donors (Lipinski definition) is 1. The first-order valence-corrected chi connectivity index (χ1v) is 14.5. The van der Waals surface area contributed by atoms with Gasteiger partial charge in [0.05, 0.1) is 12.7 Å². The number of fused-ring (bicyclic) bond motifs is 2. The summed E-state index contributed by atoms with van der Waals surface area (Å²) in [7, 11) is 0. The maximum Gasteiger partial charge on any atom is 0.573 e. The average Bonchev–Trinajstić information content (AvgIpc) is 3.70. The molecule has 0 radical (unpaired) electrons. The van der Waals surface area contributed by atoms with E-state index in [0.717, 1.165) is 55.2 Å². The van der Waals surface area contributed by atoms with Gasteiger partial charge in [-0.05, 0) is 68.1 Å². The van der Waals surface area contributed by atoms with Crippen LogP contribution in [-0.4, -0.2) is 33.6 Å². The van der Waals surface area contributed by atoms with E-state index in [4.69, 9.17) is 9.26 Å². The Bertz CT molecular complexity index is 1510. The van der Waals surface area contributed by atoms with Crippen LogP contribution in [0.5, 0.6) is 5.75 Å². The highest BCUT2D eigenvalue weighted by Gasteiger charge is 2.44. The highest BCUT2D eigenvalue weighted by atomic mass is 19.4.